The van der Waals surface area contributed by atoms with Crippen molar-refractivity contribution >= 4 is 6.21 Å². The fraction of sp³-hybridized carbons (Fsp3) is 0.278. The van der Waals surface area contributed by atoms with Gasteiger partial charge < -0.3 is 14.1 Å². The predicted octanol–water partition coefficient (Wildman–Crippen LogP) is 2.05. The van der Waals surface area contributed by atoms with Crippen molar-refractivity contribution in [1.82, 2.24) is 19.7 Å². The van der Waals surface area contributed by atoms with Crippen LogP contribution in [0.4, 0.5) is 0 Å². The number of nitrogens with zero attached hydrogens (tertiary/aromatic N) is 5. The largest absolute Gasteiger partial charge is 0.471 e. The van der Waals surface area contributed by atoms with E-state index in [0.29, 0.717) is 24.9 Å². The van der Waals surface area contributed by atoms with Crippen molar-refractivity contribution < 1.29 is 14.1 Å². The maximum Gasteiger partial charge on any atom is 0.257 e. The van der Waals surface area contributed by atoms with E-state index in [9.17, 15) is 4.79 Å². The summed E-state index contributed by atoms with van der Waals surface area (Å²) in [5.41, 5.74) is 1.58. The fourth-order valence-corrected chi connectivity index (χ4v) is 2.26. The summed E-state index contributed by atoms with van der Waals surface area (Å²) in [5, 5.41) is 7.54. The average Bonchev–Trinajstić information content (AvgIpc) is 3.11. The summed E-state index contributed by atoms with van der Waals surface area (Å²) in [4.78, 5) is 25.3. The standard InChI is InChI=1S/C18H19N5O4/c1-3-26-20-8-9-25-16-10-17(24)23(12-19-16)11-14-4-6-15(7-5-14)18-21-13(2)27-22-18/h4-8,10,12H,3,9,11H2,1-2H3. The van der Waals surface area contributed by atoms with Gasteiger partial charge in [0, 0.05) is 12.5 Å². The quantitative estimate of drug-likeness (QED) is 0.442. The van der Waals surface area contributed by atoms with E-state index in [1.165, 1.54) is 23.2 Å². The van der Waals surface area contributed by atoms with Crippen molar-refractivity contribution in [3.8, 4) is 17.3 Å². The number of aromatic nitrogens is 4. The first-order valence-electron chi connectivity index (χ1n) is 8.38. The Labute approximate surface area is 155 Å². The van der Waals surface area contributed by atoms with Crippen LogP contribution in [0.15, 0.2) is 51.1 Å². The van der Waals surface area contributed by atoms with Gasteiger partial charge in [-0.15, -0.1) is 0 Å². The molecule has 0 saturated heterocycles. The van der Waals surface area contributed by atoms with Gasteiger partial charge in [0.05, 0.1) is 18.8 Å². The van der Waals surface area contributed by atoms with Crippen LogP contribution in [0.5, 0.6) is 5.88 Å². The molecule has 9 nitrogen and oxygen atoms in total. The van der Waals surface area contributed by atoms with Crippen molar-refractivity contribution in [3.05, 3.63) is 58.5 Å². The third-order valence-corrected chi connectivity index (χ3v) is 3.53. The zero-order chi connectivity index (χ0) is 19.1. The first-order chi connectivity index (χ1) is 13.2. The molecule has 0 unspecified atom stereocenters. The minimum Gasteiger partial charge on any atom is -0.471 e. The monoisotopic (exact) mass is 369 g/mol. The molecule has 27 heavy (non-hydrogen) atoms. The van der Waals surface area contributed by atoms with Crippen LogP contribution in [0.3, 0.4) is 0 Å². The molecule has 0 bridgehead atoms. The second-order valence-electron chi connectivity index (χ2n) is 5.54. The molecule has 0 saturated carbocycles. The van der Waals surface area contributed by atoms with Crippen molar-refractivity contribution in [2.45, 2.75) is 20.4 Å². The first-order valence-corrected chi connectivity index (χ1v) is 8.38. The molecule has 0 atom stereocenters. The number of hydrogen-bond donors (Lipinski definition) is 0. The lowest BCUT2D eigenvalue weighted by Crippen LogP contribution is -2.20. The second kappa shape index (κ2) is 8.75. The van der Waals surface area contributed by atoms with E-state index in [-0.39, 0.29) is 18.0 Å². The van der Waals surface area contributed by atoms with Gasteiger partial charge in [0.1, 0.15) is 19.5 Å². The van der Waals surface area contributed by atoms with Crippen LogP contribution in [0, 0.1) is 6.92 Å². The molecule has 0 amide bonds. The summed E-state index contributed by atoms with van der Waals surface area (Å²) in [5.74, 6) is 1.28. The number of oxime groups is 1. The van der Waals surface area contributed by atoms with Gasteiger partial charge in [-0.2, -0.15) is 4.98 Å². The molecule has 0 aliphatic heterocycles. The molecule has 2 aromatic heterocycles. The molecule has 1 aromatic carbocycles. The highest BCUT2D eigenvalue weighted by atomic mass is 16.6. The number of hydrogen-bond acceptors (Lipinski definition) is 8. The van der Waals surface area contributed by atoms with Gasteiger partial charge in [-0.05, 0) is 12.5 Å². The summed E-state index contributed by atoms with van der Waals surface area (Å²) < 4.78 is 11.8. The first kappa shape index (κ1) is 18.3. The van der Waals surface area contributed by atoms with Crippen LogP contribution in [-0.2, 0) is 11.4 Å². The van der Waals surface area contributed by atoms with E-state index in [2.05, 4.69) is 20.3 Å². The summed E-state index contributed by atoms with van der Waals surface area (Å²) >= 11 is 0. The summed E-state index contributed by atoms with van der Waals surface area (Å²) in [6.45, 7) is 4.63. The van der Waals surface area contributed by atoms with E-state index in [4.69, 9.17) is 14.1 Å². The molecule has 3 rings (SSSR count). The van der Waals surface area contributed by atoms with Gasteiger partial charge in [-0.3, -0.25) is 9.36 Å². The van der Waals surface area contributed by atoms with Gasteiger partial charge in [-0.1, -0.05) is 34.6 Å². The lowest BCUT2D eigenvalue weighted by molar-refractivity contribution is 0.158. The molecule has 0 fully saturated rings. The van der Waals surface area contributed by atoms with Gasteiger partial charge in [0.25, 0.3) is 5.56 Å². The Kier molecular flexibility index (Phi) is 5.93. The van der Waals surface area contributed by atoms with E-state index in [1.807, 2.05) is 31.2 Å². The molecule has 2 heterocycles. The SMILES string of the molecule is CCON=CCOc1cc(=O)n(Cc2ccc(-c3noc(C)n3)cc2)cn1. The van der Waals surface area contributed by atoms with Crippen LogP contribution in [-0.4, -0.2) is 39.1 Å². The summed E-state index contributed by atoms with van der Waals surface area (Å²) in [6, 6.07) is 8.91. The minimum atomic E-state index is -0.209. The molecule has 140 valence electrons. The van der Waals surface area contributed by atoms with Gasteiger partial charge in [0.15, 0.2) is 0 Å². The molecular formula is C18H19N5O4. The van der Waals surface area contributed by atoms with E-state index in [0.717, 1.165) is 11.1 Å². The molecular weight excluding hydrogens is 350 g/mol. The fourth-order valence-electron chi connectivity index (χ4n) is 2.26. The van der Waals surface area contributed by atoms with Crippen LogP contribution >= 0.6 is 0 Å². The molecule has 0 spiro atoms. The number of benzene rings is 1. The Morgan fingerprint density at radius 2 is 2.11 bits per heavy atom. The lowest BCUT2D eigenvalue weighted by Gasteiger charge is -2.07. The molecule has 3 aromatic rings. The van der Waals surface area contributed by atoms with Crippen LogP contribution in [0.2, 0.25) is 0 Å². The van der Waals surface area contributed by atoms with Crippen molar-refractivity contribution in [2.24, 2.45) is 5.16 Å². The highest BCUT2D eigenvalue weighted by Crippen LogP contribution is 2.16. The Morgan fingerprint density at radius 3 is 2.78 bits per heavy atom. The third-order valence-electron chi connectivity index (χ3n) is 3.53. The molecule has 9 heteroatoms. The van der Waals surface area contributed by atoms with Crippen LogP contribution in [0.1, 0.15) is 18.4 Å². The van der Waals surface area contributed by atoms with Crippen molar-refractivity contribution in [3.63, 3.8) is 0 Å². The smallest absolute Gasteiger partial charge is 0.257 e. The maximum absolute atomic E-state index is 12.2. The topological polar surface area (TPSA) is 105 Å². The zero-order valence-corrected chi connectivity index (χ0v) is 15.0. The van der Waals surface area contributed by atoms with Crippen LogP contribution in [0.25, 0.3) is 11.4 Å². The number of ether oxygens (including phenoxy) is 1. The van der Waals surface area contributed by atoms with Gasteiger partial charge in [0.2, 0.25) is 17.6 Å². The third kappa shape index (κ3) is 5.00. The second-order valence-corrected chi connectivity index (χ2v) is 5.54. The molecule has 0 aliphatic rings. The number of rotatable bonds is 8. The average molecular weight is 369 g/mol. The number of aryl methyl sites for hydroxylation is 1. The maximum atomic E-state index is 12.2. The van der Waals surface area contributed by atoms with Crippen molar-refractivity contribution in [1.29, 1.82) is 0 Å². The Balaban J connectivity index is 1.62. The molecule has 0 N–H and O–H groups in total. The predicted molar refractivity (Wildman–Crippen MR) is 97.7 cm³/mol. The van der Waals surface area contributed by atoms with Gasteiger partial charge in [-0.25, -0.2) is 4.98 Å². The Morgan fingerprint density at radius 1 is 1.30 bits per heavy atom. The molecule has 0 radical (unpaired) electrons. The highest BCUT2D eigenvalue weighted by Gasteiger charge is 2.06. The van der Waals surface area contributed by atoms with Crippen LogP contribution < -0.4 is 10.3 Å². The Hall–Kier alpha value is -3.49. The normalized spacial score (nSPS) is 11.0. The van der Waals surface area contributed by atoms with E-state index in [1.54, 1.807) is 6.92 Å². The summed E-state index contributed by atoms with van der Waals surface area (Å²) in [6.07, 6.45) is 2.91. The van der Waals surface area contributed by atoms with E-state index < -0.39 is 0 Å². The molecule has 0 aliphatic carbocycles. The Bertz CT molecular complexity index is 962. The van der Waals surface area contributed by atoms with E-state index >= 15 is 0 Å². The van der Waals surface area contributed by atoms with Crippen molar-refractivity contribution in [2.75, 3.05) is 13.2 Å². The summed E-state index contributed by atoms with van der Waals surface area (Å²) in [7, 11) is 0. The highest BCUT2D eigenvalue weighted by molar-refractivity contribution is 5.58. The van der Waals surface area contributed by atoms with Gasteiger partial charge >= 0.3 is 0 Å². The zero-order valence-electron chi connectivity index (χ0n) is 15.0. The minimum absolute atomic E-state index is 0.174. The lowest BCUT2D eigenvalue weighted by atomic mass is 10.1.